The molecule has 106 valence electrons. The third-order valence-electron chi connectivity index (χ3n) is 2.11. The SMILES string of the molecule is C=C(C)C.CC.CC.Cc1cc(C)c(C)cc1C. The highest BCUT2D eigenvalue weighted by atomic mass is 14.0. The molecule has 0 heteroatoms. The van der Waals surface area contributed by atoms with E-state index >= 15 is 0 Å². The van der Waals surface area contributed by atoms with Gasteiger partial charge in [0, 0.05) is 0 Å². The fourth-order valence-corrected chi connectivity index (χ4v) is 1.10. The molecule has 1 aromatic carbocycles. The predicted octanol–water partition coefficient (Wildman–Crippen LogP) is 6.56. The number of hydrogen-bond donors (Lipinski definition) is 0. The fraction of sp³-hybridized carbons (Fsp3) is 0.556. The zero-order valence-electron chi connectivity index (χ0n) is 14.4. The van der Waals surface area contributed by atoms with Crippen molar-refractivity contribution in [3.63, 3.8) is 0 Å². The Labute approximate surface area is 116 Å². The number of allylic oxidation sites excluding steroid dienone is 1. The summed E-state index contributed by atoms with van der Waals surface area (Å²) in [4.78, 5) is 0. The van der Waals surface area contributed by atoms with E-state index in [2.05, 4.69) is 46.4 Å². The first-order valence-corrected chi connectivity index (χ1v) is 7.01. The molecule has 1 rings (SSSR count). The van der Waals surface area contributed by atoms with E-state index in [1.807, 2.05) is 41.5 Å². The third-order valence-corrected chi connectivity index (χ3v) is 2.11. The van der Waals surface area contributed by atoms with Gasteiger partial charge in [0.15, 0.2) is 0 Å². The lowest BCUT2D eigenvalue weighted by molar-refractivity contribution is 1.24. The standard InChI is InChI=1S/C10H14.C4H8.2C2H6/c1-7-5-9(3)10(4)6-8(7)2;1-4(2)3;2*1-2/h5-6H,1-4H3;1H2,2-3H3;2*1-2H3. The summed E-state index contributed by atoms with van der Waals surface area (Å²) < 4.78 is 0. The van der Waals surface area contributed by atoms with E-state index in [0.29, 0.717) is 0 Å². The molecule has 1 aromatic rings. The van der Waals surface area contributed by atoms with Gasteiger partial charge >= 0.3 is 0 Å². The van der Waals surface area contributed by atoms with Crippen molar-refractivity contribution in [1.29, 1.82) is 0 Å². The van der Waals surface area contributed by atoms with Gasteiger partial charge in [0.2, 0.25) is 0 Å². The zero-order chi connectivity index (χ0) is 15.3. The van der Waals surface area contributed by atoms with Crippen LogP contribution in [0.25, 0.3) is 0 Å². The van der Waals surface area contributed by atoms with Gasteiger partial charge in [0.05, 0.1) is 0 Å². The van der Waals surface area contributed by atoms with Crippen molar-refractivity contribution >= 4 is 0 Å². The maximum Gasteiger partial charge on any atom is -0.0395 e. The average molecular weight is 250 g/mol. The zero-order valence-corrected chi connectivity index (χ0v) is 14.4. The number of rotatable bonds is 0. The van der Waals surface area contributed by atoms with Gasteiger partial charge in [-0.2, -0.15) is 0 Å². The lowest BCUT2D eigenvalue weighted by Crippen LogP contribution is -1.86. The highest BCUT2D eigenvalue weighted by Gasteiger charge is 1.95. The van der Waals surface area contributed by atoms with Crippen LogP contribution >= 0.6 is 0 Å². The van der Waals surface area contributed by atoms with Gasteiger partial charge in [0.1, 0.15) is 0 Å². The minimum atomic E-state index is 1.17. The summed E-state index contributed by atoms with van der Waals surface area (Å²) in [5.41, 5.74) is 6.73. The second-order valence-corrected chi connectivity index (χ2v) is 4.23. The van der Waals surface area contributed by atoms with Crippen LogP contribution in [0.3, 0.4) is 0 Å². The van der Waals surface area contributed by atoms with Crippen LogP contribution in [0.4, 0.5) is 0 Å². The van der Waals surface area contributed by atoms with Crippen molar-refractivity contribution in [1.82, 2.24) is 0 Å². The minimum Gasteiger partial charge on any atom is -0.100 e. The lowest BCUT2D eigenvalue weighted by Gasteiger charge is -2.04. The minimum absolute atomic E-state index is 1.17. The molecule has 0 unspecified atom stereocenters. The fourth-order valence-electron chi connectivity index (χ4n) is 1.10. The molecule has 0 spiro atoms. The van der Waals surface area contributed by atoms with Gasteiger partial charge in [-0.15, -0.1) is 6.58 Å². The smallest absolute Gasteiger partial charge is 0.0395 e. The molecule has 0 aromatic heterocycles. The lowest BCUT2D eigenvalue weighted by atomic mass is 10.0. The summed E-state index contributed by atoms with van der Waals surface area (Å²) in [6.07, 6.45) is 0. The molecule has 0 N–H and O–H groups in total. The molecule has 0 saturated carbocycles. The molecule has 0 bridgehead atoms. The summed E-state index contributed by atoms with van der Waals surface area (Å²) in [6.45, 7) is 24.1. The topological polar surface area (TPSA) is 0 Å². The molecule has 0 aliphatic carbocycles. The van der Waals surface area contributed by atoms with Crippen molar-refractivity contribution in [2.45, 2.75) is 69.2 Å². The Hall–Kier alpha value is -1.04. The largest absolute Gasteiger partial charge is 0.100 e. The van der Waals surface area contributed by atoms with Crippen LogP contribution in [0.1, 0.15) is 63.8 Å². The van der Waals surface area contributed by atoms with Crippen molar-refractivity contribution in [3.05, 3.63) is 46.5 Å². The number of hydrogen-bond acceptors (Lipinski definition) is 0. The van der Waals surface area contributed by atoms with E-state index in [0.717, 1.165) is 0 Å². The Bertz CT molecular complexity index is 265. The molecule has 0 fully saturated rings. The maximum absolute atomic E-state index is 3.56. The van der Waals surface area contributed by atoms with Crippen LogP contribution in [0, 0.1) is 27.7 Å². The van der Waals surface area contributed by atoms with E-state index in [1.165, 1.54) is 27.8 Å². The summed E-state index contributed by atoms with van der Waals surface area (Å²) in [6, 6.07) is 4.48. The van der Waals surface area contributed by atoms with E-state index in [9.17, 15) is 0 Å². The Morgan fingerprint density at radius 2 is 0.778 bits per heavy atom. The molecule has 0 aliphatic rings. The number of benzene rings is 1. The summed E-state index contributed by atoms with van der Waals surface area (Å²) in [5, 5.41) is 0. The molecular formula is C18H34. The van der Waals surface area contributed by atoms with Crippen LogP contribution in [-0.4, -0.2) is 0 Å². The van der Waals surface area contributed by atoms with E-state index in [1.54, 1.807) is 0 Å². The van der Waals surface area contributed by atoms with Gasteiger partial charge in [0.25, 0.3) is 0 Å². The molecular weight excluding hydrogens is 216 g/mol. The van der Waals surface area contributed by atoms with Crippen molar-refractivity contribution in [2.75, 3.05) is 0 Å². The second-order valence-electron chi connectivity index (χ2n) is 4.23. The normalized spacial score (nSPS) is 7.67. The van der Waals surface area contributed by atoms with Crippen LogP contribution in [-0.2, 0) is 0 Å². The number of aryl methyl sites for hydroxylation is 4. The maximum atomic E-state index is 3.56. The summed E-state index contributed by atoms with van der Waals surface area (Å²) in [5.74, 6) is 0. The summed E-state index contributed by atoms with van der Waals surface area (Å²) >= 11 is 0. The van der Waals surface area contributed by atoms with Crippen molar-refractivity contribution in [2.24, 2.45) is 0 Å². The first kappa shape index (κ1) is 22.2. The third kappa shape index (κ3) is 13.0. The monoisotopic (exact) mass is 250 g/mol. The van der Waals surface area contributed by atoms with E-state index < -0.39 is 0 Å². The first-order chi connectivity index (χ1) is 8.34. The molecule has 18 heavy (non-hydrogen) atoms. The van der Waals surface area contributed by atoms with Crippen LogP contribution in [0.2, 0.25) is 0 Å². The molecule has 0 radical (unpaired) electrons. The van der Waals surface area contributed by atoms with Crippen LogP contribution < -0.4 is 0 Å². The Balaban J connectivity index is -0.000000238. The van der Waals surface area contributed by atoms with Crippen molar-refractivity contribution < 1.29 is 0 Å². The quantitative estimate of drug-likeness (QED) is 0.458. The predicted molar refractivity (Wildman–Crippen MR) is 88.6 cm³/mol. The second kappa shape index (κ2) is 14.0. The molecule has 0 saturated heterocycles. The highest BCUT2D eigenvalue weighted by Crippen LogP contribution is 2.13. The van der Waals surface area contributed by atoms with E-state index in [-0.39, 0.29) is 0 Å². The molecule has 0 nitrogen and oxygen atoms in total. The van der Waals surface area contributed by atoms with Crippen molar-refractivity contribution in [3.8, 4) is 0 Å². The summed E-state index contributed by atoms with van der Waals surface area (Å²) in [7, 11) is 0. The molecule has 0 amide bonds. The first-order valence-electron chi connectivity index (χ1n) is 7.01. The average Bonchev–Trinajstić information content (AvgIpc) is 2.31. The van der Waals surface area contributed by atoms with E-state index in [4.69, 9.17) is 0 Å². The van der Waals surface area contributed by atoms with Gasteiger partial charge in [-0.3, -0.25) is 0 Å². The van der Waals surface area contributed by atoms with Crippen LogP contribution in [0.15, 0.2) is 24.3 Å². The van der Waals surface area contributed by atoms with Gasteiger partial charge in [-0.1, -0.05) is 45.4 Å². The Morgan fingerprint density at radius 1 is 0.667 bits per heavy atom. The van der Waals surface area contributed by atoms with Gasteiger partial charge in [-0.05, 0) is 63.8 Å². The highest BCUT2D eigenvalue weighted by molar-refractivity contribution is 5.35. The van der Waals surface area contributed by atoms with Gasteiger partial charge < -0.3 is 0 Å². The molecule has 0 heterocycles. The van der Waals surface area contributed by atoms with Crippen LogP contribution in [0.5, 0.6) is 0 Å². The van der Waals surface area contributed by atoms with Gasteiger partial charge in [-0.25, -0.2) is 0 Å². The Kier molecular flexibility index (Phi) is 17.3. The molecule has 0 atom stereocenters. The Morgan fingerprint density at radius 3 is 0.889 bits per heavy atom. The molecule has 0 aliphatic heterocycles.